The first kappa shape index (κ1) is 16.9. The average molecular weight is 355 g/mol. The van der Waals surface area contributed by atoms with Gasteiger partial charge < -0.3 is 9.98 Å². The van der Waals surface area contributed by atoms with Crippen LogP contribution in [0.5, 0.6) is 0 Å². The fraction of sp³-hybridized carbons (Fsp3) is 0.0526. The predicted octanol–water partition coefficient (Wildman–Crippen LogP) is 3.92. The molecule has 4 rings (SSSR count). The Hall–Kier alpha value is -2.92. The van der Waals surface area contributed by atoms with Crippen LogP contribution in [0.2, 0.25) is 0 Å². The van der Waals surface area contributed by atoms with E-state index in [0.29, 0.717) is 11.9 Å². The Labute approximate surface area is 150 Å². The summed E-state index contributed by atoms with van der Waals surface area (Å²) in [7, 11) is 0. The minimum atomic E-state index is -0.259. The third-order valence-corrected chi connectivity index (χ3v) is 3.93. The van der Waals surface area contributed by atoms with Gasteiger partial charge >= 0.3 is 0 Å². The number of imidazole rings is 1. The molecule has 0 bridgehead atoms. The molecule has 126 valence electrons. The van der Waals surface area contributed by atoms with Crippen molar-refractivity contribution in [1.82, 2.24) is 14.1 Å². The molecule has 2 aromatic heterocycles. The predicted molar refractivity (Wildman–Crippen MR) is 97.7 cm³/mol. The van der Waals surface area contributed by atoms with E-state index in [0.717, 1.165) is 22.5 Å². The zero-order valence-electron chi connectivity index (χ0n) is 13.3. The maximum absolute atomic E-state index is 13.3. The average Bonchev–Trinajstić information content (AvgIpc) is 2.96. The van der Waals surface area contributed by atoms with Crippen LogP contribution < -0.4 is 5.36 Å². The first-order valence-electron chi connectivity index (χ1n) is 7.64. The summed E-state index contributed by atoms with van der Waals surface area (Å²) in [4.78, 5) is 4.73. The monoisotopic (exact) mass is 354 g/mol. The van der Waals surface area contributed by atoms with Crippen LogP contribution in [0.3, 0.4) is 0 Å². The molecule has 2 heterocycles. The van der Waals surface area contributed by atoms with Crippen LogP contribution >= 0.6 is 12.4 Å². The van der Waals surface area contributed by atoms with E-state index in [-0.39, 0.29) is 18.2 Å². The van der Waals surface area contributed by atoms with Gasteiger partial charge in [0, 0.05) is 18.1 Å². The SMILES string of the molecule is Cl.N=c1ccn(Cc2nc3ccccc3n2-c2ccc(F)cc2)cc1. The molecule has 1 N–H and O–H groups in total. The van der Waals surface area contributed by atoms with Gasteiger partial charge in [0.2, 0.25) is 0 Å². The number of rotatable bonds is 3. The van der Waals surface area contributed by atoms with E-state index in [1.165, 1.54) is 12.1 Å². The highest BCUT2D eigenvalue weighted by atomic mass is 35.5. The van der Waals surface area contributed by atoms with E-state index in [1.54, 1.807) is 24.3 Å². The van der Waals surface area contributed by atoms with Gasteiger partial charge in [0.25, 0.3) is 0 Å². The Morgan fingerprint density at radius 2 is 1.60 bits per heavy atom. The summed E-state index contributed by atoms with van der Waals surface area (Å²) >= 11 is 0. The number of hydrogen-bond acceptors (Lipinski definition) is 2. The van der Waals surface area contributed by atoms with Gasteiger partial charge in [-0.3, -0.25) is 4.57 Å². The van der Waals surface area contributed by atoms with E-state index < -0.39 is 0 Å². The van der Waals surface area contributed by atoms with E-state index in [2.05, 4.69) is 0 Å². The van der Waals surface area contributed by atoms with Crippen LogP contribution in [0.4, 0.5) is 4.39 Å². The summed E-state index contributed by atoms with van der Waals surface area (Å²) in [5.74, 6) is 0.593. The fourth-order valence-corrected chi connectivity index (χ4v) is 2.79. The molecular formula is C19H16ClFN4. The summed E-state index contributed by atoms with van der Waals surface area (Å²) < 4.78 is 17.3. The van der Waals surface area contributed by atoms with Crippen LogP contribution in [0.1, 0.15) is 5.82 Å². The molecule has 0 fully saturated rings. The number of pyridine rings is 1. The molecule has 0 unspecified atom stereocenters. The number of nitrogens with one attached hydrogen (secondary N) is 1. The fourth-order valence-electron chi connectivity index (χ4n) is 2.79. The number of nitrogens with zero attached hydrogens (tertiary/aromatic N) is 3. The molecule has 0 spiro atoms. The van der Waals surface area contributed by atoms with Crippen LogP contribution in [-0.2, 0) is 6.54 Å². The van der Waals surface area contributed by atoms with Crippen LogP contribution in [-0.4, -0.2) is 14.1 Å². The Kier molecular flexibility index (Phi) is 4.67. The van der Waals surface area contributed by atoms with Crippen molar-refractivity contribution in [3.63, 3.8) is 0 Å². The Morgan fingerprint density at radius 3 is 2.32 bits per heavy atom. The maximum Gasteiger partial charge on any atom is 0.134 e. The number of para-hydroxylation sites is 2. The molecule has 0 saturated carbocycles. The van der Waals surface area contributed by atoms with Crippen LogP contribution in [0.25, 0.3) is 16.7 Å². The molecule has 0 atom stereocenters. The maximum atomic E-state index is 13.3. The summed E-state index contributed by atoms with van der Waals surface area (Å²) in [5, 5.41) is 8.06. The number of benzene rings is 2. The van der Waals surface area contributed by atoms with Crippen molar-refractivity contribution in [1.29, 1.82) is 5.41 Å². The van der Waals surface area contributed by atoms with Crippen molar-refractivity contribution in [3.8, 4) is 5.69 Å². The normalized spacial score (nSPS) is 10.6. The number of aromatic nitrogens is 3. The van der Waals surface area contributed by atoms with Crippen molar-refractivity contribution in [3.05, 3.63) is 90.1 Å². The standard InChI is InChI=1S/C19H15FN4.ClH/c20-14-5-7-16(8-6-14)24-18-4-2-1-3-17(18)22-19(24)13-23-11-9-15(21)10-12-23;/h1-12,21H,13H2;1H. The highest BCUT2D eigenvalue weighted by Crippen LogP contribution is 2.22. The van der Waals surface area contributed by atoms with E-state index in [4.69, 9.17) is 10.4 Å². The molecule has 0 aliphatic rings. The Bertz CT molecular complexity index is 1050. The minimum absolute atomic E-state index is 0. The highest BCUT2D eigenvalue weighted by Gasteiger charge is 2.12. The molecule has 0 amide bonds. The van der Waals surface area contributed by atoms with Gasteiger partial charge in [0.1, 0.15) is 11.6 Å². The third-order valence-electron chi connectivity index (χ3n) is 3.93. The first-order valence-corrected chi connectivity index (χ1v) is 7.64. The topological polar surface area (TPSA) is 46.6 Å². The van der Waals surface area contributed by atoms with Gasteiger partial charge in [-0.1, -0.05) is 12.1 Å². The number of hydrogen-bond donors (Lipinski definition) is 1. The van der Waals surface area contributed by atoms with E-state index >= 15 is 0 Å². The molecule has 6 heteroatoms. The first-order chi connectivity index (χ1) is 11.7. The third kappa shape index (κ3) is 3.32. The molecule has 25 heavy (non-hydrogen) atoms. The molecule has 0 aliphatic carbocycles. The molecule has 0 saturated heterocycles. The van der Waals surface area contributed by atoms with Gasteiger partial charge in [-0.25, -0.2) is 9.37 Å². The summed E-state index contributed by atoms with van der Waals surface area (Å²) in [6, 6.07) is 17.8. The second-order valence-corrected chi connectivity index (χ2v) is 5.59. The van der Waals surface area contributed by atoms with Gasteiger partial charge in [0.15, 0.2) is 0 Å². The largest absolute Gasteiger partial charge is 0.347 e. The van der Waals surface area contributed by atoms with Crippen molar-refractivity contribution >= 4 is 23.4 Å². The van der Waals surface area contributed by atoms with Crippen molar-refractivity contribution in [2.45, 2.75) is 6.54 Å². The quantitative estimate of drug-likeness (QED) is 0.595. The summed E-state index contributed by atoms with van der Waals surface area (Å²) in [6.07, 6.45) is 3.72. The minimum Gasteiger partial charge on any atom is -0.347 e. The summed E-state index contributed by atoms with van der Waals surface area (Å²) in [6.45, 7) is 0.562. The molecule has 2 aromatic carbocycles. The van der Waals surface area contributed by atoms with Crippen molar-refractivity contribution in [2.24, 2.45) is 0 Å². The van der Waals surface area contributed by atoms with Crippen LogP contribution in [0, 0.1) is 11.2 Å². The van der Waals surface area contributed by atoms with Gasteiger partial charge in [-0.05, 0) is 48.5 Å². The second-order valence-electron chi connectivity index (χ2n) is 5.59. The Balaban J connectivity index is 0.00000182. The molecular weight excluding hydrogens is 339 g/mol. The molecule has 4 nitrogen and oxygen atoms in total. The molecule has 4 aromatic rings. The lowest BCUT2D eigenvalue weighted by Crippen LogP contribution is -2.09. The number of halogens is 2. The van der Waals surface area contributed by atoms with Crippen molar-refractivity contribution in [2.75, 3.05) is 0 Å². The van der Waals surface area contributed by atoms with Gasteiger partial charge in [-0.15, -0.1) is 12.4 Å². The molecule has 0 aliphatic heterocycles. The lowest BCUT2D eigenvalue weighted by Gasteiger charge is -2.11. The summed E-state index contributed by atoms with van der Waals surface area (Å²) in [5.41, 5.74) is 2.75. The smallest absolute Gasteiger partial charge is 0.134 e. The zero-order valence-corrected chi connectivity index (χ0v) is 14.1. The Morgan fingerprint density at radius 1 is 0.920 bits per heavy atom. The number of fused-ring (bicyclic) bond motifs is 1. The zero-order chi connectivity index (χ0) is 16.5. The lowest BCUT2D eigenvalue weighted by atomic mass is 10.2. The van der Waals surface area contributed by atoms with E-state index in [1.807, 2.05) is 45.8 Å². The second kappa shape index (κ2) is 6.91. The highest BCUT2D eigenvalue weighted by molar-refractivity contribution is 5.85. The van der Waals surface area contributed by atoms with E-state index in [9.17, 15) is 4.39 Å². The molecule has 0 radical (unpaired) electrons. The van der Waals surface area contributed by atoms with Gasteiger partial charge in [0.05, 0.1) is 22.9 Å². The lowest BCUT2D eigenvalue weighted by molar-refractivity contribution is 0.627. The van der Waals surface area contributed by atoms with Crippen molar-refractivity contribution < 1.29 is 4.39 Å². The van der Waals surface area contributed by atoms with Gasteiger partial charge in [-0.2, -0.15) is 0 Å². The van der Waals surface area contributed by atoms with Crippen LogP contribution in [0.15, 0.2) is 73.1 Å².